The minimum atomic E-state index is -4.24. The van der Waals surface area contributed by atoms with E-state index in [9.17, 15) is 22.8 Å². The second kappa shape index (κ2) is 13.0. The zero-order valence-electron chi connectivity index (χ0n) is 24.9. The van der Waals surface area contributed by atoms with E-state index in [0.717, 1.165) is 11.1 Å². The lowest BCUT2D eigenvalue weighted by atomic mass is 9.92. The number of hydrogen-bond acceptors (Lipinski definition) is 5. The number of nitrogens with zero attached hydrogens (tertiary/aromatic N) is 3. The number of aryl methyl sites for hydroxylation is 1. The van der Waals surface area contributed by atoms with E-state index in [0.29, 0.717) is 43.0 Å². The number of halogens is 3. The lowest BCUT2D eigenvalue weighted by Gasteiger charge is -2.33. The van der Waals surface area contributed by atoms with Crippen molar-refractivity contribution < 1.29 is 27.5 Å². The molecule has 0 saturated heterocycles. The number of carbonyl (C=O) groups excluding carboxylic acids is 2. The number of alkyl halides is 3. The van der Waals surface area contributed by atoms with Crippen molar-refractivity contribution in [2.45, 2.75) is 66.1 Å². The monoisotopic (exact) mass is 564 g/mol. The van der Waals surface area contributed by atoms with Crippen LogP contribution in [-0.2, 0) is 11.2 Å². The summed E-state index contributed by atoms with van der Waals surface area (Å²) in [5, 5.41) is 0. The first-order valence-electron chi connectivity index (χ1n) is 13.5. The standard InChI is InChI=1S/C30H43F3N4O3/c1-9-21-16-22(10-12-24(21)26(38)37(8)29(5,6)27(34)39)25-13-11-23(17-35-25)40-18-20(2)14-15-36(7)19-28(3,4)30(31,32)33/h10-13,16-17,20H,9,14-15,18-19H2,1-8H3,(H2,34,39). The molecule has 10 heteroatoms. The number of amides is 2. The van der Waals surface area contributed by atoms with Crippen LogP contribution in [0, 0.1) is 11.3 Å². The minimum absolute atomic E-state index is 0.0631. The van der Waals surface area contributed by atoms with E-state index in [1.54, 1.807) is 45.1 Å². The van der Waals surface area contributed by atoms with Gasteiger partial charge in [-0.05, 0) is 89.9 Å². The van der Waals surface area contributed by atoms with Crippen molar-refractivity contribution in [1.82, 2.24) is 14.8 Å². The molecule has 7 nitrogen and oxygen atoms in total. The highest BCUT2D eigenvalue weighted by Gasteiger charge is 2.47. The smallest absolute Gasteiger partial charge is 0.395 e. The van der Waals surface area contributed by atoms with Gasteiger partial charge in [-0.15, -0.1) is 0 Å². The quantitative estimate of drug-likeness (QED) is 0.344. The largest absolute Gasteiger partial charge is 0.492 e. The molecule has 0 saturated carbocycles. The van der Waals surface area contributed by atoms with Gasteiger partial charge in [0.25, 0.3) is 5.91 Å². The molecule has 0 aliphatic heterocycles. The van der Waals surface area contributed by atoms with Crippen molar-refractivity contribution in [3.05, 3.63) is 47.7 Å². The van der Waals surface area contributed by atoms with Crippen molar-refractivity contribution in [3.63, 3.8) is 0 Å². The Balaban J connectivity index is 1.99. The second-order valence-electron chi connectivity index (χ2n) is 11.7. The topological polar surface area (TPSA) is 88.8 Å². The number of ether oxygens (including phenoxy) is 1. The Hall–Kier alpha value is -3.14. The molecular formula is C30H43F3N4O3. The van der Waals surface area contributed by atoms with E-state index in [1.165, 1.54) is 18.7 Å². The van der Waals surface area contributed by atoms with Crippen molar-refractivity contribution in [2.75, 3.05) is 33.8 Å². The molecule has 0 aliphatic rings. The second-order valence-corrected chi connectivity index (χ2v) is 11.7. The van der Waals surface area contributed by atoms with Gasteiger partial charge in [-0.25, -0.2) is 0 Å². The van der Waals surface area contributed by atoms with Crippen LogP contribution >= 0.6 is 0 Å². The fourth-order valence-electron chi connectivity index (χ4n) is 4.10. The fourth-order valence-corrected chi connectivity index (χ4v) is 4.10. The lowest BCUT2D eigenvalue weighted by molar-refractivity contribution is -0.215. The number of primary amides is 1. The van der Waals surface area contributed by atoms with E-state index in [-0.39, 0.29) is 18.4 Å². The Labute approximate surface area is 235 Å². The number of benzene rings is 1. The summed E-state index contributed by atoms with van der Waals surface area (Å²) in [4.78, 5) is 32.5. The molecule has 1 atom stereocenters. The molecule has 2 amide bonds. The Morgan fingerprint density at radius 1 is 1.07 bits per heavy atom. The molecule has 0 spiro atoms. The van der Waals surface area contributed by atoms with Gasteiger partial charge in [0.05, 0.1) is 23.9 Å². The van der Waals surface area contributed by atoms with Crippen molar-refractivity contribution in [3.8, 4) is 17.0 Å². The third kappa shape index (κ3) is 8.19. The molecule has 222 valence electrons. The minimum Gasteiger partial charge on any atom is -0.492 e. The number of carbonyl (C=O) groups is 2. The number of likely N-dealkylation sites (N-methyl/N-ethyl adjacent to an activating group) is 1. The summed E-state index contributed by atoms with van der Waals surface area (Å²) in [6.07, 6.45) is -1.30. The average Bonchev–Trinajstić information content (AvgIpc) is 2.88. The molecule has 0 radical (unpaired) electrons. The van der Waals surface area contributed by atoms with Gasteiger partial charge in [0.1, 0.15) is 11.3 Å². The van der Waals surface area contributed by atoms with E-state index in [4.69, 9.17) is 10.5 Å². The molecule has 1 aromatic carbocycles. The van der Waals surface area contributed by atoms with Gasteiger partial charge in [-0.3, -0.25) is 14.6 Å². The SMILES string of the molecule is CCc1cc(-c2ccc(OCC(C)CCN(C)CC(C)(C)C(F)(F)F)cn2)ccc1C(=O)N(C)C(C)(C)C(N)=O. The van der Waals surface area contributed by atoms with Gasteiger partial charge < -0.3 is 20.3 Å². The molecule has 2 rings (SSSR count). The molecule has 1 aromatic heterocycles. The van der Waals surface area contributed by atoms with Crippen LogP contribution in [0.15, 0.2) is 36.5 Å². The zero-order valence-corrected chi connectivity index (χ0v) is 24.9. The van der Waals surface area contributed by atoms with Gasteiger partial charge in [0.15, 0.2) is 0 Å². The highest BCUT2D eigenvalue weighted by Crippen LogP contribution is 2.38. The Bertz CT molecular complexity index is 1160. The van der Waals surface area contributed by atoms with E-state index in [2.05, 4.69) is 4.98 Å². The first kappa shape index (κ1) is 33.1. The summed E-state index contributed by atoms with van der Waals surface area (Å²) in [6.45, 7) is 10.5. The highest BCUT2D eigenvalue weighted by molar-refractivity contribution is 6.00. The molecule has 0 aliphatic carbocycles. The van der Waals surface area contributed by atoms with Crippen molar-refractivity contribution in [1.29, 1.82) is 0 Å². The highest BCUT2D eigenvalue weighted by atomic mass is 19.4. The van der Waals surface area contributed by atoms with Gasteiger partial charge in [-0.1, -0.05) is 19.9 Å². The van der Waals surface area contributed by atoms with E-state index < -0.39 is 23.0 Å². The molecule has 2 aromatic rings. The molecule has 40 heavy (non-hydrogen) atoms. The van der Waals surface area contributed by atoms with Crippen molar-refractivity contribution in [2.24, 2.45) is 17.1 Å². The van der Waals surface area contributed by atoms with E-state index in [1.807, 2.05) is 38.1 Å². The summed E-state index contributed by atoms with van der Waals surface area (Å²) in [6, 6.07) is 9.13. The van der Waals surface area contributed by atoms with Crippen LogP contribution in [0.2, 0.25) is 0 Å². The predicted octanol–water partition coefficient (Wildman–Crippen LogP) is 5.57. The summed E-state index contributed by atoms with van der Waals surface area (Å²) < 4.78 is 45.3. The van der Waals surface area contributed by atoms with Gasteiger partial charge >= 0.3 is 6.18 Å². The molecule has 0 bridgehead atoms. The van der Waals surface area contributed by atoms with Crippen LogP contribution in [0.25, 0.3) is 11.3 Å². The summed E-state index contributed by atoms with van der Waals surface area (Å²) >= 11 is 0. The molecule has 0 fully saturated rings. The van der Waals surface area contributed by atoms with E-state index >= 15 is 0 Å². The normalized spacial score (nSPS) is 13.3. The predicted molar refractivity (Wildman–Crippen MR) is 151 cm³/mol. The van der Waals surface area contributed by atoms with Crippen LogP contribution in [0.4, 0.5) is 13.2 Å². The maximum atomic E-state index is 13.1. The maximum Gasteiger partial charge on any atom is 0.395 e. The molecule has 1 heterocycles. The number of aromatic nitrogens is 1. The van der Waals surface area contributed by atoms with Crippen LogP contribution < -0.4 is 10.5 Å². The number of pyridine rings is 1. The average molecular weight is 565 g/mol. The van der Waals surface area contributed by atoms with Crippen molar-refractivity contribution >= 4 is 11.8 Å². The van der Waals surface area contributed by atoms with Crippen LogP contribution in [0.3, 0.4) is 0 Å². The third-order valence-electron chi connectivity index (χ3n) is 7.47. The number of rotatable bonds is 13. The van der Waals surface area contributed by atoms with Gasteiger partial charge in [0, 0.05) is 24.7 Å². The van der Waals surface area contributed by atoms with Crippen LogP contribution in [-0.4, -0.2) is 72.1 Å². The number of nitrogens with two attached hydrogens (primary N) is 1. The summed E-state index contributed by atoms with van der Waals surface area (Å²) in [5.41, 5.74) is 5.48. The Morgan fingerprint density at radius 2 is 1.73 bits per heavy atom. The lowest BCUT2D eigenvalue weighted by Crippen LogP contribution is -2.54. The summed E-state index contributed by atoms with van der Waals surface area (Å²) in [5.74, 6) is -0.129. The third-order valence-corrected chi connectivity index (χ3v) is 7.47. The number of hydrogen-bond donors (Lipinski definition) is 1. The first-order chi connectivity index (χ1) is 18.4. The zero-order chi connectivity index (χ0) is 30.5. The van der Waals surface area contributed by atoms with Gasteiger partial charge in [0.2, 0.25) is 5.91 Å². The van der Waals surface area contributed by atoms with Crippen LogP contribution in [0.5, 0.6) is 5.75 Å². The Morgan fingerprint density at radius 3 is 2.25 bits per heavy atom. The fraction of sp³-hybridized carbons (Fsp3) is 0.567. The maximum absolute atomic E-state index is 13.1. The molecule has 2 N–H and O–H groups in total. The van der Waals surface area contributed by atoms with Crippen LogP contribution in [0.1, 0.15) is 63.9 Å². The van der Waals surface area contributed by atoms with Gasteiger partial charge in [-0.2, -0.15) is 13.2 Å². The molecule has 1 unspecified atom stereocenters. The summed E-state index contributed by atoms with van der Waals surface area (Å²) in [7, 11) is 3.27. The molecular weight excluding hydrogens is 521 g/mol. The first-order valence-corrected chi connectivity index (χ1v) is 13.5. The Kier molecular flexibility index (Phi) is 10.8.